The van der Waals surface area contributed by atoms with Crippen LogP contribution in [0.25, 0.3) is 0 Å². The summed E-state index contributed by atoms with van der Waals surface area (Å²) in [6.45, 7) is 5.62. The Bertz CT molecular complexity index is 191. The topological polar surface area (TPSA) is 38.9 Å². The monoisotopic (exact) mass is 124 g/mol. The Labute approximate surface area is 53.4 Å². The Morgan fingerprint density at radius 1 is 1.89 bits per heavy atom. The molecule has 0 saturated carbocycles. The maximum absolute atomic E-state index is 4.86. The van der Waals surface area contributed by atoms with Crippen LogP contribution < -0.4 is 0 Å². The summed E-state index contributed by atoms with van der Waals surface area (Å²) in [4.78, 5) is 0. The van der Waals surface area contributed by atoms with Crippen molar-refractivity contribution in [2.75, 3.05) is 0 Å². The predicted molar refractivity (Wildman–Crippen MR) is 32.8 cm³/mol. The van der Waals surface area contributed by atoms with E-state index in [1.54, 1.807) is 0 Å². The second-order valence-corrected chi connectivity index (χ2v) is 1.97. The second kappa shape index (κ2) is 2.44. The summed E-state index contributed by atoms with van der Waals surface area (Å²) in [6.07, 6.45) is 2.00. The normalized spacial score (nSPS) is 9.44. The molecule has 0 N–H and O–H groups in total. The average molecular weight is 124 g/mol. The SMILES string of the molecule is C=C(C)Cc1nnco1. The van der Waals surface area contributed by atoms with Crippen molar-refractivity contribution < 1.29 is 4.42 Å². The first kappa shape index (κ1) is 6.01. The third kappa shape index (κ3) is 1.68. The van der Waals surface area contributed by atoms with Gasteiger partial charge in [-0.15, -0.1) is 10.2 Å². The maximum atomic E-state index is 4.86. The van der Waals surface area contributed by atoms with Crippen LogP contribution in [0.5, 0.6) is 0 Å². The summed E-state index contributed by atoms with van der Waals surface area (Å²) in [5.74, 6) is 0.627. The van der Waals surface area contributed by atoms with Gasteiger partial charge in [-0.1, -0.05) is 12.2 Å². The summed E-state index contributed by atoms with van der Waals surface area (Å²) in [6, 6.07) is 0. The molecule has 0 spiro atoms. The number of hydrogen-bond donors (Lipinski definition) is 0. The van der Waals surface area contributed by atoms with Crippen LogP contribution in [0.4, 0.5) is 0 Å². The second-order valence-electron chi connectivity index (χ2n) is 1.97. The molecular formula is C6H8N2O. The van der Waals surface area contributed by atoms with E-state index in [2.05, 4.69) is 16.8 Å². The standard InChI is InChI=1S/C6H8N2O/c1-5(2)3-6-8-7-4-9-6/h4H,1,3H2,2H3. The number of aromatic nitrogens is 2. The fourth-order valence-corrected chi connectivity index (χ4v) is 0.531. The fourth-order valence-electron chi connectivity index (χ4n) is 0.531. The van der Waals surface area contributed by atoms with Crippen LogP contribution in [-0.2, 0) is 6.42 Å². The molecule has 0 radical (unpaired) electrons. The minimum atomic E-state index is 0.627. The van der Waals surface area contributed by atoms with Gasteiger partial charge in [0.05, 0.1) is 0 Å². The van der Waals surface area contributed by atoms with Crippen LogP contribution in [0.1, 0.15) is 12.8 Å². The molecule has 0 aliphatic heterocycles. The zero-order valence-electron chi connectivity index (χ0n) is 5.29. The first-order valence-electron chi connectivity index (χ1n) is 2.68. The third-order valence-corrected chi connectivity index (χ3v) is 0.858. The highest BCUT2D eigenvalue weighted by molar-refractivity contribution is 4.97. The van der Waals surface area contributed by atoms with Crippen LogP contribution in [0.15, 0.2) is 23.0 Å². The van der Waals surface area contributed by atoms with Crippen LogP contribution in [-0.4, -0.2) is 10.2 Å². The van der Waals surface area contributed by atoms with Gasteiger partial charge in [0.2, 0.25) is 12.3 Å². The van der Waals surface area contributed by atoms with Gasteiger partial charge in [0.15, 0.2) is 0 Å². The average Bonchev–Trinajstić information content (AvgIpc) is 2.15. The largest absolute Gasteiger partial charge is 0.428 e. The van der Waals surface area contributed by atoms with Crippen molar-refractivity contribution in [1.82, 2.24) is 10.2 Å². The molecule has 0 saturated heterocycles. The van der Waals surface area contributed by atoms with E-state index in [1.807, 2.05) is 6.92 Å². The highest BCUT2D eigenvalue weighted by Crippen LogP contribution is 1.99. The van der Waals surface area contributed by atoms with Crippen molar-refractivity contribution in [3.05, 3.63) is 24.4 Å². The van der Waals surface area contributed by atoms with E-state index >= 15 is 0 Å². The Balaban J connectivity index is 2.58. The first-order valence-corrected chi connectivity index (χ1v) is 2.68. The lowest BCUT2D eigenvalue weighted by Gasteiger charge is -1.88. The van der Waals surface area contributed by atoms with Crippen LogP contribution in [0.3, 0.4) is 0 Å². The van der Waals surface area contributed by atoms with E-state index in [1.165, 1.54) is 6.39 Å². The minimum Gasteiger partial charge on any atom is -0.428 e. The molecule has 0 aromatic carbocycles. The lowest BCUT2D eigenvalue weighted by atomic mass is 10.2. The number of allylic oxidation sites excluding steroid dienone is 1. The smallest absolute Gasteiger partial charge is 0.220 e. The van der Waals surface area contributed by atoms with Gasteiger partial charge in [-0.2, -0.15) is 0 Å². The van der Waals surface area contributed by atoms with E-state index in [9.17, 15) is 0 Å². The first-order chi connectivity index (χ1) is 4.29. The van der Waals surface area contributed by atoms with Crippen molar-refractivity contribution in [1.29, 1.82) is 0 Å². The molecule has 0 bridgehead atoms. The van der Waals surface area contributed by atoms with Gasteiger partial charge in [0.1, 0.15) is 0 Å². The van der Waals surface area contributed by atoms with E-state index in [-0.39, 0.29) is 0 Å². The molecule has 1 rings (SSSR count). The zero-order chi connectivity index (χ0) is 6.69. The summed E-state index contributed by atoms with van der Waals surface area (Å²) >= 11 is 0. The fraction of sp³-hybridized carbons (Fsp3) is 0.333. The summed E-state index contributed by atoms with van der Waals surface area (Å²) < 4.78 is 4.86. The summed E-state index contributed by atoms with van der Waals surface area (Å²) in [7, 11) is 0. The van der Waals surface area contributed by atoms with Crippen molar-refractivity contribution in [3.8, 4) is 0 Å². The van der Waals surface area contributed by atoms with E-state index < -0.39 is 0 Å². The van der Waals surface area contributed by atoms with E-state index in [4.69, 9.17) is 4.42 Å². The molecule has 48 valence electrons. The summed E-state index contributed by atoms with van der Waals surface area (Å²) in [5, 5.41) is 7.20. The van der Waals surface area contributed by atoms with Gasteiger partial charge in [-0.25, -0.2) is 0 Å². The molecule has 3 heteroatoms. The van der Waals surface area contributed by atoms with Crippen molar-refractivity contribution in [2.45, 2.75) is 13.3 Å². The molecule has 0 fully saturated rings. The number of hydrogen-bond acceptors (Lipinski definition) is 3. The van der Waals surface area contributed by atoms with Gasteiger partial charge in [0.25, 0.3) is 0 Å². The van der Waals surface area contributed by atoms with Crippen molar-refractivity contribution in [2.24, 2.45) is 0 Å². The van der Waals surface area contributed by atoms with E-state index in [0.717, 1.165) is 5.57 Å². The van der Waals surface area contributed by atoms with Gasteiger partial charge in [0, 0.05) is 6.42 Å². The Hall–Kier alpha value is -1.12. The van der Waals surface area contributed by atoms with Crippen LogP contribution >= 0.6 is 0 Å². The molecule has 0 atom stereocenters. The summed E-state index contributed by atoms with van der Waals surface area (Å²) in [5.41, 5.74) is 1.03. The Kier molecular flexibility index (Phi) is 1.63. The Morgan fingerprint density at radius 3 is 3.11 bits per heavy atom. The lowest BCUT2D eigenvalue weighted by molar-refractivity contribution is 0.503. The van der Waals surface area contributed by atoms with Gasteiger partial charge >= 0.3 is 0 Å². The van der Waals surface area contributed by atoms with Gasteiger partial charge < -0.3 is 4.42 Å². The third-order valence-electron chi connectivity index (χ3n) is 0.858. The lowest BCUT2D eigenvalue weighted by Crippen LogP contribution is -1.84. The molecule has 1 aromatic rings. The molecule has 0 aliphatic rings. The zero-order valence-corrected chi connectivity index (χ0v) is 5.29. The van der Waals surface area contributed by atoms with Crippen molar-refractivity contribution >= 4 is 0 Å². The predicted octanol–water partition coefficient (Wildman–Crippen LogP) is 1.19. The quantitative estimate of drug-likeness (QED) is 0.556. The number of rotatable bonds is 2. The molecule has 3 nitrogen and oxygen atoms in total. The molecule has 0 unspecified atom stereocenters. The molecule has 0 amide bonds. The van der Waals surface area contributed by atoms with Crippen LogP contribution in [0.2, 0.25) is 0 Å². The molecular weight excluding hydrogens is 116 g/mol. The van der Waals surface area contributed by atoms with Crippen LogP contribution in [0, 0.1) is 0 Å². The van der Waals surface area contributed by atoms with Gasteiger partial charge in [-0.3, -0.25) is 0 Å². The van der Waals surface area contributed by atoms with Crippen molar-refractivity contribution in [3.63, 3.8) is 0 Å². The van der Waals surface area contributed by atoms with Gasteiger partial charge in [-0.05, 0) is 6.92 Å². The van der Waals surface area contributed by atoms with E-state index in [0.29, 0.717) is 12.3 Å². The highest BCUT2D eigenvalue weighted by Gasteiger charge is 1.95. The molecule has 9 heavy (non-hydrogen) atoms. The maximum Gasteiger partial charge on any atom is 0.220 e. The molecule has 1 aromatic heterocycles. The highest BCUT2D eigenvalue weighted by atomic mass is 16.4. The molecule has 1 heterocycles. The molecule has 0 aliphatic carbocycles. The Morgan fingerprint density at radius 2 is 2.67 bits per heavy atom. The number of nitrogens with zero attached hydrogens (tertiary/aromatic N) is 2. The minimum absolute atomic E-state index is 0.627.